The number of nitrogens with zero attached hydrogens (tertiary/aromatic N) is 3. The van der Waals surface area contributed by atoms with E-state index < -0.39 is 17.7 Å². The maximum atomic E-state index is 13.8. The van der Waals surface area contributed by atoms with Crippen LogP contribution in [0.1, 0.15) is 19.4 Å². The van der Waals surface area contributed by atoms with Gasteiger partial charge in [-0.25, -0.2) is 9.59 Å². The van der Waals surface area contributed by atoms with E-state index in [1.165, 1.54) is 4.90 Å². The van der Waals surface area contributed by atoms with Crippen LogP contribution in [-0.4, -0.2) is 52.6 Å². The number of carbonyl (C=O) groups is 2. The second-order valence-corrected chi connectivity index (χ2v) is 10.0. The highest BCUT2D eigenvalue weighted by Crippen LogP contribution is 2.39. The molecule has 4 amide bonds. The lowest BCUT2D eigenvalue weighted by Crippen LogP contribution is -2.58. The molecule has 1 aliphatic rings. The molecule has 1 saturated heterocycles. The number of rotatable bonds is 7. The van der Waals surface area contributed by atoms with Gasteiger partial charge in [0.15, 0.2) is 6.17 Å². The standard InChI is InChI=1S/C27H28Cl2N4O4/c1-27(2)24(33(36)25(34)30-21-11-6-9-19(28)16-21)32(22-12-7-10-20(29)17-22)26(35)31(27)15-14-18-8-4-5-13-23(18)37-3/h4-13,16-17,24,36H,14-15H2,1-3H3,(H,30,34)/t24-/m0/s1. The molecule has 8 nitrogen and oxygen atoms in total. The number of ether oxygens (including phenoxy) is 1. The van der Waals surface area contributed by atoms with E-state index in [-0.39, 0.29) is 6.03 Å². The molecule has 2 N–H and O–H groups in total. The van der Waals surface area contributed by atoms with Gasteiger partial charge >= 0.3 is 12.1 Å². The third-order valence-electron chi connectivity index (χ3n) is 6.41. The van der Waals surface area contributed by atoms with Crippen LogP contribution in [0, 0.1) is 0 Å². The van der Waals surface area contributed by atoms with Gasteiger partial charge in [-0.05, 0) is 68.3 Å². The van der Waals surface area contributed by atoms with Gasteiger partial charge in [0.1, 0.15) is 5.75 Å². The first-order valence-electron chi connectivity index (χ1n) is 11.7. The number of benzene rings is 3. The van der Waals surface area contributed by atoms with Crippen LogP contribution >= 0.6 is 23.2 Å². The summed E-state index contributed by atoms with van der Waals surface area (Å²) < 4.78 is 5.46. The van der Waals surface area contributed by atoms with Gasteiger partial charge in [0.05, 0.1) is 12.6 Å². The zero-order valence-electron chi connectivity index (χ0n) is 20.7. The van der Waals surface area contributed by atoms with Crippen molar-refractivity contribution in [2.45, 2.75) is 32.0 Å². The predicted octanol–water partition coefficient (Wildman–Crippen LogP) is 6.51. The maximum Gasteiger partial charge on any atom is 0.347 e. The maximum absolute atomic E-state index is 13.8. The van der Waals surface area contributed by atoms with Gasteiger partial charge in [0.25, 0.3) is 0 Å². The summed E-state index contributed by atoms with van der Waals surface area (Å²) >= 11 is 12.3. The number of urea groups is 2. The Bertz CT molecular complexity index is 1300. The molecule has 1 fully saturated rings. The molecule has 1 atom stereocenters. The summed E-state index contributed by atoms with van der Waals surface area (Å²) in [5, 5.41) is 15.2. The summed E-state index contributed by atoms with van der Waals surface area (Å²) in [5.74, 6) is 0.722. The highest BCUT2D eigenvalue weighted by molar-refractivity contribution is 6.31. The lowest BCUT2D eigenvalue weighted by Gasteiger charge is -2.38. The van der Waals surface area contributed by atoms with Crippen molar-refractivity contribution in [3.63, 3.8) is 0 Å². The van der Waals surface area contributed by atoms with Gasteiger partial charge in [0, 0.05) is 28.0 Å². The van der Waals surface area contributed by atoms with Crippen molar-refractivity contribution in [1.82, 2.24) is 9.96 Å². The molecule has 0 radical (unpaired) electrons. The Kier molecular flexibility index (Phi) is 7.82. The van der Waals surface area contributed by atoms with E-state index in [2.05, 4.69) is 5.32 Å². The summed E-state index contributed by atoms with van der Waals surface area (Å²) in [6.07, 6.45) is -0.564. The van der Waals surface area contributed by atoms with Crippen molar-refractivity contribution in [3.8, 4) is 5.75 Å². The zero-order valence-corrected chi connectivity index (χ0v) is 22.2. The van der Waals surface area contributed by atoms with Crippen LogP contribution in [0.4, 0.5) is 21.0 Å². The molecule has 0 bridgehead atoms. The molecule has 0 saturated carbocycles. The Morgan fingerprint density at radius 3 is 2.41 bits per heavy atom. The number of amides is 4. The predicted molar refractivity (Wildman–Crippen MR) is 145 cm³/mol. The molecule has 0 aromatic heterocycles. The zero-order chi connectivity index (χ0) is 26.7. The van der Waals surface area contributed by atoms with Crippen LogP contribution in [0.5, 0.6) is 5.75 Å². The fraction of sp³-hybridized carbons (Fsp3) is 0.259. The number of hydrogen-bond acceptors (Lipinski definition) is 4. The van der Waals surface area contributed by atoms with Gasteiger partial charge in [-0.15, -0.1) is 0 Å². The fourth-order valence-corrected chi connectivity index (χ4v) is 4.98. The van der Waals surface area contributed by atoms with Crippen LogP contribution < -0.4 is 15.0 Å². The third kappa shape index (κ3) is 5.46. The topological polar surface area (TPSA) is 85.3 Å². The Morgan fingerprint density at radius 2 is 1.73 bits per heavy atom. The van der Waals surface area contributed by atoms with Crippen molar-refractivity contribution in [1.29, 1.82) is 0 Å². The van der Waals surface area contributed by atoms with Crippen molar-refractivity contribution < 1.29 is 19.5 Å². The summed E-state index contributed by atoms with van der Waals surface area (Å²) in [6.45, 7) is 3.93. The summed E-state index contributed by atoms with van der Waals surface area (Å²) in [4.78, 5) is 30.0. The Balaban J connectivity index is 1.67. The molecule has 1 heterocycles. The number of hydroxylamine groups is 2. The third-order valence-corrected chi connectivity index (χ3v) is 6.88. The first kappa shape index (κ1) is 26.6. The second-order valence-electron chi connectivity index (χ2n) is 9.16. The monoisotopic (exact) mass is 542 g/mol. The average Bonchev–Trinajstić information content (AvgIpc) is 3.06. The molecule has 3 aromatic rings. The van der Waals surface area contributed by atoms with E-state index in [4.69, 9.17) is 27.9 Å². The average molecular weight is 543 g/mol. The molecular weight excluding hydrogens is 515 g/mol. The number of carbonyl (C=O) groups excluding carboxylic acids is 2. The molecule has 194 valence electrons. The molecular formula is C27H28Cl2N4O4. The van der Waals surface area contributed by atoms with Gasteiger partial charge < -0.3 is 15.0 Å². The van der Waals surface area contributed by atoms with E-state index >= 15 is 0 Å². The number of hydrogen-bond donors (Lipinski definition) is 2. The van der Waals surface area contributed by atoms with Gasteiger partial charge in [-0.1, -0.05) is 53.5 Å². The van der Waals surface area contributed by atoms with Gasteiger partial charge in [-0.3, -0.25) is 10.1 Å². The molecule has 0 aliphatic carbocycles. The van der Waals surface area contributed by atoms with E-state index in [9.17, 15) is 14.8 Å². The van der Waals surface area contributed by atoms with Crippen molar-refractivity contribution in [2.75, 3.05) is 23.9 Å². The van der Waals surface area contributed by atoms with Crippen molar-refractivity contribution in [2.24, 2.45) is 0 Å². The minimum absolute atomic E-state index is 0.323. The first-order valence-corrected chi connectivity index (χ1v) is 12.4. The van der Waals surface area contributed by atoms with E-state index in [1.54, 1.807) is 74.4 Å². The van der Waals surface area contributed by atoms with Crippen LogP contribution in [-0.2, 0) is 6.42 Å². The highest BCUT2D eigenvalue weighted by Gasteiger charge is 2.55. The number of para-hydroxylation sites is 1. The van der Waals surface area contributed by atoms with E-state index in [0.29, 0.717) is 39.4 Å². The smallest absolute Gasteiger partial charge is 0.347 e. The van der Waals surface area contributed by atoms with E-state index in [1.807, 2.05) is 24.3 Å². The normalized spacial score (nSPS) is 16.6. The van der Waals surface area contributed by atoms with Crippen molar-refractivity contribution >= 4 is 46.6 Å². The minimum Gasteiger partial charge on any atom is -0.496 e. The molecule has 4 rings (SSSR count). The quantitative estimate of drug-likeness (QED) is 0.263. The second kappa shape index (κ2) is 10.9. The van der Waals surface area contributed by atoms with Crippen molar-refractivity contribution in [3.05, 3.63) is 88.4 Å². The molecule has 10 heteroatoms. The first-order chi connectivity index (χ1) is 17.6. The van der Waals surface area contributed by atoms with E-state index in [0.717, 1.165) is 11.3 Å². The lowest BCUT2D eigenvalue weighted by molar-refractivity contribution is -0.0947. The van der Waals surface area contributed by atoms with Crippen LogP contribution in [0.2, 0.25) is 10.0 Å². The number of anilines is 2. The Hall–Kier alpha value is -3.46. The number of nitrogens with one attached hydrogen (secondary N) is 1. The minimum atomic E-state index is -1.07. The summed E-state index contributed by atoms with van der Waals surface area (Å²) in [5.41, 5.74) is 0.791. The van der Waals surface area contributed by atoms with Crippen LogP contribution in [0.25, 0.3) is 0 Å². The highest BCUT2D eigenvalue weighted by atomic mass is 35.5. The van der Waals surface area contributed by atoms with Gasteiger partial charge in [0.2, 0.25) is 0 Å². The SMILES string of the molecule is COc1ccccc1CCN1C(=O)N(c2cccc(Cl)c2)[C@@H](N(O)C(=O)Nc2cccc(Cl)c2)C1(C)C. The summed E-state index contributed by atoms with van der Waals surface area (Å²) in [7, 11) is 1.60. The fourth-order valence-electron chi connectivity index (χ4n) is 4.61. The Labute approximate surface area is 225 Å². The number of methoxy groups -OCH3 is 1. The summed E-state index contributed by atoms with van der Waals surface area (Å²) in [6, 6.07) is 19.7. The van der Waals surface area contributed by atoms with Crippen LogP contribution in [0.3, 0.4) is 0 Å². The molecule has 37 heavy (non-hydrogen) atoms. The molecule has 0 unspecified atom stereocenters. The lowest BCUT2D eigenvalue weighted by atomic mass is 9.99. The van der Waals surface area contributed by atoms with Gasteiger partial charge in [-0.2, -0.15) is 5.06 Å². The Morgan fingerprint density at radius 1 is 1.05 bits per heavy atom. The number of halogens is 2. The molecule has 3 aromatic carbocycles. The molecule has 1 aliphatic heterocycles. The largest absolute Gasteiger partial charge is 0.496 e. The van der Waals surface area contributed by atoms with Crippen LogP contribution in [0.15, 0.2) is 72.8 Å². The molecule has 0 spiro atoms.